The number of nitrogen functional groups attached to an aromatic ring is 1. The summed E-state index contributed by atoms with van der Waals surface area (Å²) in [6, 6.07) is 4.01. The molecule has 1 atom stereocenters. The van der Waals surface area contributed by atoms with Gasteiger partial charge in [-0.25, -0.2) is 0 Å². The van der Waals surface area contributed by atoms with E-state index in [1.54, 1.807) is 6.07 Å². The van der Waals surface area contributed by atoms with E-state index in [1.807, 2.05) is 6.07 Å². The lowest BCUT2D eigenvalue weighted by Crippen LogP contribution is -2.33. The molecule has 0 aliphatic rings. The molecule has 17 heavy (non-hydrogen) atoms. The zero-order chi connectivity index (χ0) is 12.8. The predicted molar refractivity (Wildman–Crippen MR) is 71.9 cm³/mol. The van der Waals surface area contributed by atoms with Crippen LogP contribution in [0.4, 0.5) is 11.6 Å². The van der Waals surface area contributed by atoms with Gasteiger partial charge < -0.3 is 16.0 Å². The molecule has 1 aromatic heterocycles. The fourth-order valence-electron chi connectivity index (χ4n) is 1.82. The van der Waals surface area contributed by atoms with Crippen molar-refractivity contribution < 1.29 is 0 Å². The Morgan fingerprint density at radius 1 is 1.29 bits per heavy atom. The molecule has 1 rings (SSSR count). The molecule has 3 N–H and O–H groups in total. The standard InChI is InChI=1S/C12H23N5/c1-9(2)7-10(8-17(3)4)14-12-6-5-11(13)15-16-12/h5-6,9-10H,7-8H2,1-4H3,(H2,13,15)(H,14,16). The fraction of sp³-hybridized carbons (Fsp3) is 0.667. The van der Waals surface area contributed by atoms with Crippen LogP contribution in [-0.2, 0) is 0 Å². The Labute approximate surface area is 103 Å². The molecule has 0 spiro atoms. The highest BCUT2D eigenvalue weighted by atomic mass is 15.2. The molecule has 5 nitrogen and oxygen atoms in total. The van der Waals surface area contributed by atoms with Crippen molar-refractivity contribution in [2.75, 3.05) is 31.7 Å². The molecule has 0 fully saturated rings. The molecule has 1 unspecified atom stereocenters. The summed E-state index contributed by atoms with van der Waals surface area (Å²) in [5.74, 6) is 1.88. The second-order valence-corrected chi connectivity index (χ2v) is 5.08. The van der Waals surface area contributed by atoms with Crippen LogP contribution in [0.2, 0.25) is 0 Å². The first-order chi connectivity index (χ1) is 7.97. The van der Waals surface area contributed by atoms with Crippen molar-refractivity contribution in [1.29, 1.82) is 0 Å². The second kappa shape index (κ2) is 6.39. The van der Waals surface area contributed by atoms with Crippen molar-refractivity contribution in [3.05, 3.63) is 12.1 Å². The van der Waals surface area contributed by atoms with Gasteiger partial charge in [-0.2, -0.15) is 0 Å². The first-order valence-electron chi connectivity index (χ1n) is 5.98. The van der Waals surface area contributed by atoms with Gasteiger partial charge in [0.15, 0.2) is 0 Å². The number of nitrogens with one attached hydrogen (secondary N) is 1. The zero-order valence-corrected chi connectivity index (χ0v) is 11.1. The van der Waals surface area contributed by atoms with Crippen LogP contribution in [0.1, 0.15) is 20.3 Å². The lowest BCUT2D eigenvalue weighted by molar-refractivity contribution is 0.356. The van der Waals surface area contributed by atoms with E-state index < -0.39 is 0 Å². The number of hydrogen-bond donors (Lipinski definition) is 2. The van der Waals surface area contributed by atoms with Crippen LogP contribution in [0, 0.1) is 5.92 Å². The normalized spacial score (nSPS) is 13.1. The highest BCUT2D eigenvalue weighted by Crippen LogP contribution is 2.11. The topological polar surface area (TPSA) is 67.1 Å². The van der Waals surface area contributed by atoms with Crippen molar-refractivity contribution in [3.63, 3.8) is 0 Å². The minimum absolute atomic E-state index is 0.378. The summed E-state index contributed by atoms with van der Waals surface area (Å²) < 4.78 is 0. The maximum absolute atomic E-state index is 5.51. The second-order valence-electron chi connectivity index (χ2n) is 5.08. The number of nitrogens with two attached hydrogens (primary N) is 1. The molecule has 0 saturated carbocycles. The average molecular weight is 237 g/mol. The zero-order valence-electron chi connectivity index (χ0n) is 11.1. The highest BCUT2D eigenvalue weighted by molar-refractivity contribution is 5.39. The van der Waals surface area contributed by atoms with Crippen molar-refractivity contribution in [3.8, 4) is 0 Å². The van der Waals surface area contributed by atoms with E-state index in [0.29, 0.717) is 17.8 Å². The summed E-state index contributed by atoms with van der Waals surface area (Å²) >= 11 is 0. The molecule has 0 aliphatic heterocycles. The summed E-state index contributed by atoms with van der Waals surface area (Å²) in [6.45, 7) is 5.42. The molecule has 0 aromatic carbocycles. The van der Waals surface area contributed by atoms with Gasteiger partial charge in [-0.1, -0.05) is 13.8 Å². The van der Waals surface area contributed by atoms with Crippen LogP contribution in [0.5, 0.6) is 0 Å². The Bertz CT molecular complexity index is 310. The predicted octanol–water partition coefficient (Wildman–Crippen LogP) is 1.45. The molecule has 0 saturated heterocycles. The fourth-order valence-corrected chi connectivity index (χ4v) is 1.82. The molecule has 5 heteroatoms. The third kappa shape index (κ3) is 5.49. The molecular formula is C12H23N5. The first-order valence-corrected chi connectivity index (χ1v) is 5.98. The smallest absolute Gasteiger partial charge is 0.149 e. The summed E-state index contributed by atoms with van der Waals surface area (Å²) in [6.07, 6.45) is 1.10. The quantitative estimate of drug-likeness (QED) is 0.784. The van der Waals surface area contributed by atoms with Crippen LogP contribution in [0.3, 0.4) is 0 Å². The van der Waals surface area contributed by atoms with Crippen LogP contribution < -0.4 is 11.1 Å². The third-order valence-electron chi connectivity index (χ3n) is 2.38. The molecule has 1 aromatic rings. The van der Waals surface area contributed by atoms with Crippen LogP contribution in [0.15, 0.2) is 12.1 Å². The van der Waals surface area contributed by atoms with Gasteiger partial charge >= 0.3 is 0 Å². The van der Waals surface area contributed by atoms with Gasteiger partial charge in [0.1, 0.15) is 11.6 Å². The Balaban J connectivity index is 2.61. The Morgan fingerprint density at radius 2 is 2.00 bits per heavy atom. The van der Waals surface area contributed by atoms with E-state index in [2.05, 4.69) is 48.4 Å². The molecular weight excluding hydrogens is 214 g/mol. The van der Waals surface area contributed by atoms with E-state index in [9.17, 15) is 0 Å². The van der Waals surface area contributed by atoms with Crippen molar-refractivity contribution >= 4 is 11.6 Å². The molecule has 96 valence electrons. The monoisotopic (exact) mass is 237 g/mol. The molecule has 0 aliphatic carbocycles. The summed E-state index contributed by atoms with van der Waals surface area (Å²) in [5.41, 5.74) is 5.51. The number of anilines is 2. The maximum atomic E-state index is 5.51. The largest absolute Gasteiger partial charge is 0.382 e. The van der Waals surface area contributed by atoms with Gasteiger partial charge in [0.05, 0.1) is 0 Å². The Kier molecular flexibility index (Phi) is 5.15. The maximum Gasteiger partial charge on any atom is 0.149 e. The minimum atomic E-state index is 0.378. The van der Waals surface area contributed by atoms with Gasteiger partial charge in [0.2, 0.25) is 0 Å². The number of nitrogens with zero attached hydrogens (tertiary/aromatic N) is 3. The van der Waals surface area contributed by atoms with E-state index in [-0.39, 0.29) is 0 Å². The summed E-state index contributed by atoms with van der Waals surface area (Å²) in [7, 11) is 4.15. The number of rotatable bonds is 6. The van der Waals surface area contributed by atoms with Gasteiger partial charge in [-0.3, -0.25) is 0 Å². The Hall–Kier alpha value is -1.36. The van der Waals surface area contributed by atoms with E-state index in [0.717, 1.165) is 18.8 Å². The minimum Gasteiger partial charge on any atom is -0.382 e. The SMILES string of the molecule is CC(C)CC(CN(C)C)Nc1ccc(N)nn1. The highest BCUT2D eigenvalue weighted by Gasteiger charge is 2.12. The summed E-state index contributed by atoms with van der Waals surface area (Å²) in [5, 5.41) is 11.3. The van der Waals surface area contributed by atoms with E-state index >= 15 is 0 Å². The van der Waals surface area contributed by atoms with Crippen LogP contribution in [0.25, 0.3) is 0 Å². The van der Waals surface area contributed by atoms with Crippen LogP contribution in [-0.4, -0.2) is 41.8 Å². The first kappa shape index (κ1) is 13.7. The molecule has 1 heterocycles. The number of aromatic nitrogens is 2. The Morgan fingerprint density at radius 3 is 2.47 bits per heavy atom. The summed E-state index contributed by atoms with van der Waals surface area (Å²) in [4.78, 5) is 2.17. The number of likely N-dealkylation sites (N-methyl/N-ethyl adjacent to an activating group) is 1. The molecule has 0 radical (unpaired) electrons. The van der Waals surface area contributed by atoms with Crippen molar-refractivity contribution in [2.24, 2.45) is 5.92 Å². The van der Waals surface area contributed by atoms with Gasteiger partial charge in [0.25, 0.3) is 0 Å². The van der Waals surface area contributed by atoms with Crippen LogP contribution >= 0.6 is 0 Å². The third-order valence-corrected chi connectivity index (χ3v) is 2.38. The molecule has 0 bridgehead atoms. The van der Waals surface area contributed by atoms with Crippen molar-refractivity contribution in [2.45, 2.75) is 26.3 Å². The van der Waals surface area contributed by atoms with E-state index in [4.69, 9.17) is 5.73 Å². The average Bonchev–Trinajstić information content (AvgIpc) is 2.19. The lowest BCUT2D eigenvalue weighted by Gasteiger charge is -2.24. The lowest BCUT2D eigenvalue weighted by atomic mass is 10.0. The number of hydrogen-bond acceptors (Lipinski definition) is 5. The van der Waals surface area contributed by atoms with Gasteiger partial charge in [-0.15, -0.1) is 10.2 Å². The van der Waals surface area contributed by atoms with Gasteiger partial charge in [0, 0.05) is 12.6 Å². The van der Waals surface area contributed by atoms with Crippen molar-refractivity contribution in [1.82, 2.24) is 15.1 Å². The van der Waals surface area contributed by atoms with Gasteiger partial charge in [-0.05, 0) is 38.6 Å². The molecule has 0 amide bonds. The van der Waals surface area contributed by atoms with E-state index in [1.165, 1.54) is 0 Å².